The molecular weight excluding hydrogens is 149 g/mol. The molecule has 0 spiro atoms. The van der Waals surface area contributed by atoms with Crippen molar-refractivity contribution < 1.29 is 49.4 Å². The van der Waals surface area contributed by atoms with Crippen LogP contribution < -0.4 is 29.6 Å². The van der Waals surface area contributed by atoms with E-state index in [1.165, 1.54) is 0 Å². The zero-order valence-corrected chi connectivity index (χ0v) is 7.57. The average Bonchev–Trinajstić information content (AvgIpc) is 1.63. The molecule has 52 valence electrons. The van der Waals surface area contributed by atoms with Crippen molar-refractivity contribution in [2.75, 3.05) is 13.1 Å². The first kappa shape index (κ1) is 12.6. The summed E-state index contributed by atoms with van der Waals surface area (Å²) in [5.41, 5.74) is 0. The van der Waals surface area contributed by atoms with Crippen molar-refractivity contribution in [1.29, 1.82) is 0 Å². The molecule has 0 rings (SSSR count). The Hall–Kier alpha value is -0.100. The van der Waals surface area contributed by atoms with Crippen LogP contribution in [-0.2, 0) is 9.59 Å². The molecule has 0 saturated heterocycles. The minimum Gasteiger partial charge on any atom is -0.644 e. The van der Waals surface area contributed by atoms with Gasteiger partial charge in [-0.2, -0.15) is 0 Å². The molecule has 0 amide bonds. The Morgan fingerprint density at radius 1 is 1.10 bits per heavy atom. The zero-order valence-electron chi connectivity index (χ0n) is 5.57. The summed E-state index contributed by atoms with van der Waals surface area (Å²) < 4.78 is 0. The molecule has 6 heteroatoms. The van der Waals surface area contributed by atoms with Crippen LogP contribution in [0.5, 0.6) is 0 Å². The summed E-state index contributed by atoms with van der Waals surface area (Å²) in [6.45, 7) is -0.876. The van der Waals surface area contributed by atoms with Crippen LogP contribution in [0.2, 0.25) is 0 Å². The second kappa shape index (κ2) is 7.01. The predicted molar refractivity (Wildman–Crippen MR) is 28.4 cm³/mol. The first-order chi connectivity index (χ1) is 4.13. The van der Waals surface area contributed by atoms with Gasteiger partial charge in [0.25, 0.3) is 11.9 Å². The van der Waals surface area contributed by atoms with Gasteiger partial charge in [-0.05, 0) is 13.1 Å². The maximum Gasteiger partial charge on any atom is 1.00 e. The van der Waals surface area contributed by atoms with Crippen LogP contribution >= 0.6 is 0 Å². The summed E-state index contributed by atoms with van der Waals surface area (Å²) >= 11 is 0. The van der Waals surface area contributed by atoms with E-state index in [0.717, 1.165) is 0 Å². The number of hydrogen-bond donors (Lipinski definition) is 2. The van der Waals surface area contributed by atoms with E-state index in [0.29, 0.717) is 0 Å². The summed E-state index contributed by atoms with van der Waals surface area (Å²) in [6, 6.07) is 0. The number of carbonyl (C=O) groups is 2. The van der Waals surface area contributed by atoms with Gasteiger partial charge in [-0.1, -0.05) is 0 Å². The molecule has 0 aliphatic rings. The third kappa shape index (κ3) is 10.8. The van der Waals surface area contributed by atoms with Crippen LogP contribution in [-0.4, -0.2) is 35.2 Å². The molecule has 0 unspecified atom stereocenters. The Kier molecular flexibility index (Phi) is 8.81. The molecule has 5 nitrogen and oxygen atoms in total. The van der Waals surface area contributed by atoms with Gasteiger partial charge in [-0.15, -0.1) is 0 Å². The van der Waals surface area contributed by atoms with Crippen molar-refractivity contribution in [2.45, 2.75) is 0 Å². The molecule has 0 saturated carbocycles. The van der Waals surface area contributed by atoms with E-state index < -0.39 is 25.0 Å². The summed E-state index contributed by atoms with van der Waals surface area (Å²) in [5, 5.41) is 19.1. The van der Waals surface area contributed by atoms with Gasteiger partial charge >= 0.3 is 29.6 Å². The summed E-state index contributed by atoms with van der Waals surface area (Å²) in [6.07, 6.45) is 0. The topological polar surface area (TPSA) is 88.7 Å². The average molecular weight is 155 g/mol. The SMILES string of the molecule is O=C(O)C[N-]CC(=O)O.[Na+]. The van der Waals surface area contributed by atoms with Gasteiger partial charge in [0.2, 0.25) is 0 Å². The Morgan fingerprint density at radius 3 is 1.60 bits per heavy atom. The minimum atomic E-state index is -1.11. The maximum absolute atomic E-state index is 9.69. The molecule has 0 radical (unpaired) electrons. The van der Waals surface area contributed by atoms with Crippen molar-refractivity contribution in [3.05, 3.63) is 5.32 Å². The van der Waals surface area contributed by atoms with E-state index in [2.05, 4.69) is 5.32 Å². The molecule has 0 atom stereocenters. The van der Waals surface area contributed by atoms with Crippen LogP contribution in [0.15, 0.2) is 0 Å². The molecule has 0 aliphatic carbocycles. The van der Waals surface area contributed by atoms with Gasteiger partial charge in [0.05, 0.1) is 0 Å². The Balaban J connectivity index is 0. The van der Waals surface area contributed by atoms with Crippen LogP contribution in [0.4, 0.5) is 0 Å². The first-order valence-corrected chi connectivity index (χ1v) is 2.20. The van der Waals surface area contributed by atoms with E-state index >= 15 is 0 Å². The fourth-order valence-corrected chi connectivity index (χ4v) is 0.247. The van der Waals surface area contributed by atoms with Crippen LogP contribution in [0, 0.1) is 0 Å². The van der Waals surface area contributed by atoms with Crippen LogP contribution in [0.1, 0.15) is 0 Å². The normalized spacial score (nSPS) is 8.00. The van der Waals surface area contributed by atoms with Gasteiger partial charge < -0.3 is 15.5 Å². The van der Waals surface area contributed by atoms with Gasteiger partial charge in [-0.3, -0.25) is 9.59 Å². The van der Waals surface area contributed by atoms with Crippen molar-refractivity contribution in [2.24, 2.45) is 0 Å². The molecule has 0 bridgehead atoms. The summed E-state index contributed by atoms with van der Waals surface area (Å²) in [7, 11) is 0. The Bertz CT molecular complexity index is 112. The van der Waals surface area contributed by atoms with Gasteiger partial charge in [0.1, 0.15) is 0 Å². The minimum absolute atomic E-state index is 0. The number of nitrogens with zero attached hydrogens (tertiary/aromatic N) is 1. The first-order valence-electron chi connectivity index (χ1n) is 2.20. The summed E-state index contributed by atoms with van der Waals surface area (Å²) in [5.74, 6) is -2.23. The third-order valence-corrected chi connectivity index (χ3v) is 0.494. The number of carboxylic acids is 2. The van der Waals surface area contributed by atoms with Crippen molar-refractivity contribution in [1.82, 2.24) is 0 Å². The van der Waals surface area contributed by atoms with Crippen molar-refractivity contribution >= 4 is 11.9 Å². The smallest absolute Gasteiger partial charge is 0.644 e. The van der Waals surface area contributed by atoms with Gasteiger partial charge in [-0.25, -0.2) is 0 Å². The number of aliphatic carboxylic acids is 2. The predicted octanol–water partition coefficient (Wildman–Crippen LogP) is -3.47. The standard InChI is InChI=1S/C4H6NO4.Na/c6-3(7)1-5-2-4(8)9;/h1-2H2,(H,6,7)(H,8,9);/q-1;+1. The van der Waals surface area contributed by atoms with Gasteiger partial charge in [0.15, 0.2) is 0 Å². The van der Waals surface area contributed by atoms with Crippen molar-refractivity contribution in [3.63, 3.8) is 0 Å². The molecule has 2 N–H and O–H groups in total. The molecule has 0 aromatic rings. The molecule has 0 aliphatic heterocycles. The molecule has 0 heterocycles. The molecule has 10 heavy (non-hydrogen) atoms. The molecule has 0 aromatic carbocycles. The quantitative estimate of drug-likeness (QED) is 0.413. The second-order valence-electron chi connectivity index (χ2n) is 1.33. The van der Waals surface area contributed by atoms with E-state index in [4.69, 9.17) is 10.2 Å². The zero-order chi connectivity index (χ0) is 7.28. The Morgan fingerprint density at radius 2 is 1.40 bits per heavy atom. The fraction of sp³-hybridized carbons (Fsp3) is 0.500. The Labute approximate surface area is 79.7 Å². The van der Waals surface area contributed by atoms with Crippen LogP contribution in [0.3, 0.4) is 0 Å². The van der Waals surface area contributed by atoms with Crippen LogP contribution in [0.25, 0.3) is 5.32 Å². The number of hydrogen-bond acceptors (Lipinski definition) is 2. The largest absolute Gasteiger partial charge is 1.00 e. The monoisotopic (exact) mass is 155 g/mol. The van der Waals surface area contributed by atoms with Gasteiger partial charge in [0, 0.05) is 0 Å². The van der Waals surface area contributed by atoms with E-state index in [1.807, 2.05) is 0 Å². The van der Waals surface area contributed by atoms with E-state index in [-0.39, 0.29) is 29.6 Å². The van der Waals surface area contributed by atoms with E-state index in [1.54, 1.807) is 0 Å². The van der Waals surface area contributed by atoms with Crippen molar-refractivity contribution in [3.8, 4) is 0 Å². The molecule has 0 aromatic heterocycles. The fourth-order valence-electron chi connectivity index (χ4n) is 0.247. The number of carboxylic acid groups (broad SMARTS) is 2. The third-order valence-electron chi connectivity index (χ3n) is 0.494. The second-order valence-corrected chi connectivity index (χ2v) is 1.33. The summed E-state index contributed by atoms with van der Waals surface area (Å²) in [4.78, 5) is 19.4. The maximum atomic E-state index is 9.69. The van der Waals surface area contributed by atoms with E-state index in [9.17, 15) is 9.59 Å². The number of rotatable bonds is 4. The molecular formula is C4H6NNaO4. The molecule has 0 fully saturated rings.